The number of unbranched alkanes of at least 4 members (excludes halogenated alkanes) is 1. The van der Waals surface area contributed by atoms with Crippen molar-refractivity contribution in [2.24, 2.45) is 0 Å². The fourth-order valence-electron chi connectivity index (χ4n) is 2.96. The number of nitrogens with one attached hydrogen (secondary N) is 2. The van der Waals surface area contributed by atoms with Crippen LogP contribution in [0, 0.1) is 11.6 Å². The van der Waals surface area contributed by atoms with E-state index in [2.05, 4.69) is 10.6 Å². The van der Waals surface area contributed by atoms with Crippen LogP contribution in [0.5, 0.6) is 0 Å². The van der Waals surface area contributed by atoms with Crippen molar-refractivity contribution >= 4 is 18.3 Å². The Morgan fingerprint density at radius 2 is 2.12 bits per heavy atom. The first-order chi connectivity index (χ1) is 11.1. The molecule has 24 heavy (non-hydrogen) atoms. The summed E-state index contributed by atoms with van der Waals surface area (Å²) in [5.74, 6) is -1.70. The maximum Gasteiger partial charge on any atom is 0.220 e. The van der Waals surface area contributed by atoms with E-state index in [1.54, 1.807) is 13.2 Å². The van der Waals surface area contributed by atoms with E-state index in [0.29, 0.717) is 19.6 Å². The molecule has 1 aromatic rings. The minimum Gasteiger partial charge on any atom is -0.385 e. The number of carbonyl (C=O) groups is 1. The Labute approximate surface area is 147 Å². The van der Waals surface area contributed by atoms with Crippen molar-refractivity contribution in [3.8, 4) is 0 Å². The van der Waals surface area contributed by atoms with Gasteiger partial charge in [0.25, 0.3) is 0 Å². The Balaban J connectivity index is 0.00000288. The predicted octanol–water partition coefficient (Wildman–Crippen LogP) is 2.77. The van der Waals surface area contributed by atoms with Gasteiger partial charge >= 0.3 is 0 Å². The second kappa shape index (κ2) is 10.6. The smallest absolute Gasteiger partial charge is 0.220 e. The summed E-state index contributed by atoms with van der Waals surface area (Å²) in [5.41, 5.74) is 0.732. The number of piperidine rings is 1. The average Bonchev–Trinajstić information content (AvgIpc) is 2.55. The maximum atomic E-state index is 13.5. The van der Waals surface area contributed by atoms with Crippen LogP contribution in [0.15, 0.2) is 18.2 Å². The molecule has 1 aromatic carbocycles. The first-order valence-corrected chi connectivity index (χ1v) is 8.05. The van der Waals surface area contributed by atoms with E-state index >= 15 is 0 Å². The SMILES string of the molecule is COCCCCC(=O)NC1CNCCC1c1ccc(F)c(F)c1.Cl. The van der Waals surface area contributed by atoms with Crippen LogP contribution in [0.3, 0.4) is 0 Å². The van der Waals surface area contributed by atoms with Crippen LogP contribution < -0.4 is 10.6 Å². The minimum atomic E-state index is -0.846. The lowest BCUT2D eigenvalue weighted by atomic mass is 9.86. The summed E-state index contributed by atoms with van der Waals surface area (Å²) in [5, 5.41) is 6.26. The van der Waals surface area contributed by atoms with Crippen molar-refractivity contribution in [2.75, 3.05) is 26.8 Å². The Bertz CT molecular complexity index is 531. The van der Waals surface area contributed by atoms with Gasteiger partial charge in [-0.05, 0) is 43.5 Å². The van der Waals surface area contributed by atoms with Gasteiger partial charge in [-0.25, -0.2) is 8.78 Å². The Morgan fingerprint density at radius 1 is 1.33 bits per heavy atom. The summed E-state index contributed by atoms with van der Waals surface area (Å²) in [6.07, 6.45) is 2.85. The standard InChI is InChI=1S/C17H24F2N2O2.ClH/c1-23-9-3-2-4-17(22)21-16-11-20-8-7-13(16)12-5-6-14(18)15(19)10-12;/h5-6,10,13,16,20H,2-4,7-9,11H2,1H3,(H,21,22);1H. The van der Waals surface area contributed by atoms with Crippen LogP contribution in [0.25, 0.3) is 0 Å². The normalized spacial score (nSPS) is 20.3. The van der Waals surface area contributed by atoms with Gasteiger partial charge in [-0.1, -0.05) is 6.07 Å². The molecule has 0 aromatic heterocycles. The Kier molecular flexibility index (Phi) is 9.18. The van der Waals surface area contributed by atoms with Gasteiger partial charge in [0.15, 0.2) is 11.6 Å². The number of ether oxygens (including phenoxy) is 1. The number of carbonyl (C=O) groups excluding carboxylic acids is 1. The topological polar surface area (TPSA) is 50.4 Å². The lowest BCUT2D eigenvalue weighted by Crippen LogP contribution is -2.50. The second-order valence-electron chi connectivity index (χ2n) is 5.90. The zero-order valence-electron chi connectivity index (χ0n) is 13.8. The molecule has 4 nitrogen and oxygen atoms in total. The third kappa shape index (κ3) is 6.00. The van der Waals surface area contributed by atoms with Crippen molar-refractivity contribution in [3.05, 3.63) is 35.4 Å². The van der Waals surface area contributed by atoms with Gasteiger partial charge in [0.2, 0.25) is 5.91 Å². The summed E-state index contributed by atoms with van der Waals surface area (Å²) >= 11 is 0. The fourth-order valence-corrected chi connectivity index (χ4v) is 2.96. The molecule has 1 aliphatic rings. The first-order valence-electron chi connectivity index (χ1n) is 8.05. The molecule has 1 heterocycles. The van der Waals surface area contributed by atoms with Crippen LogP contribution in [-0.2, 0) is 9.53 Å². The predicted molar refractivity (Wildman–Crippen MR) is 91.5 cm³/mol. The average molecular weight is 363 g/mol. The zero-order chi connectivity index (χ0) is 16.7. The molecule has 2 rings (SSSR count). The largest absolute Gasteiger partial charge is 0.385 e. The van der Waals surface area contributed by atoms with Crippen LogP contribution in [0.1, 0.15) is 37.2 Å². The van der Waals surface area contributed by atoms with E-state index in [9.17, 15) is 13.6 Å². The zero-order valence-corrected chi connectivity index (χ0v) is 14.6. The van der Waals surface area contributed by atoms with Gasteiger partial charge in [-0.2, -0.15) is 0 Å². The van der Waals surface area contributed by atoms with E-state index in [1.807, 2.05) is 0 Å². The molecule has 136 valence electrons. The van der Waals surface area contributed by atoms with Crippen LogP contribution >= 0.6 is 12.4 Å². The molecule has 1 saturated heterocycles. The highest BCUT2D eigenvalue weighted by Crippen LogP contribution is 2.27. The fraction of sp³-hybridized carbons (Fsp3) is 0.588. The molecule has 1 aliphatic heterocycles. The lowest BCUT2D eigenvalue weighted by Gasteiger charge is -2.33. The summed E-state index contributed by atoms with van der Waals surface area (Å²) in [6.45, 7) is 2.08. The summed E-state index contributed by atoms with van der Waals surface area (Å²) in [4.78, 5) is 12.1. The molecule has 0 radical (unpaired) electrons. The minimum absolute atomic E-state index is 0. The molecule has 0 bridgehead atoms. The molecule has 0 aliphatic carbocycles. The van der Waals surface area contributed by atoms with Crippen LogP contribution in [-0.4, -0.2) is 38.8 Å². The van der Waals surface area contributed by atoms with Crippen LogP contribution in [0.4, 0.5) is 8.78 Å². The number of methoxy groups -OCH3 is 1. The molecule has 2 atom stereocenters. The van der Waals surface area contributed by atoms with E-state index in [4.69, 9.17) is 4.74 Å². The lowest BCUT2D eigenvalue weighted by molar-refractivity contribution is -0.122. The highest BCUT2D eigenvalue weighted by Gasteiger charge is 2.28. The van der Waals surface area contributed by atoms with Gasteiger partial charge in [-0.3, -0.25) is 4.79 Å². The highest BCUT2D eigenvalue weighted by atomic mass is 35.5. The van der Waals surface area contributed by atoms with Crippen molar-refractivity contribution in [2.45, 2.75) is 37.6 Å². The molecular formula is C17H25ClF2N2O2. The molecule has 7 heteroatoms. The monoisotopic (exact) mass is 362 g/mol. The first kappa shape index (κ1) is 20.8. The molecule has 1 amide bonds. The molecule has 2 unspecified atom stereocenters. The van der Waals surface area contributed by atoms with E-state index in [0.717, 1.165) is 37.4 Å². The highest BCUT2D eigenvalue weighted by molar-refractivity contribution is 5.85. The van der Waals surface area contributed by atoms with Crippen LogP contribution in [0.2, 0.25) is 0 Å². The number of benzene rings is 1. The third-order valence-corrected chi connectivity index (χ3v) is 4.20. The van der Waals surface area contributed by atoms with E-state index < -0.39 is 11.6 Å². The Hall–Kier alpha value is -1.24. The number of hydrogen-bond acceptors (Lipinski definition) is 3. The number of amides is 1. The number of rotatable bonds is 7. The molecule has 0 saturated carbocycles. The number of hydrogen-bond donors (Lipinski definition) is 2. The van der Waals surface area contributed by atoms with Gasteiger partial charge in [0.05, 0.1) is 0 Å². The van der Waals surface area contributed by atoms with Crippen molar-refractivity contribution < 1.29 is 18.3 Å². The number of halogens is 3. The van der Waals surface area contributed by atoms with Gasteiger partial charge in [-0.15, -0.1) is 12.4 Å². The molecule has 0 spiro atoms. The van der Waals surface area contributed by atoms with E-state index in [1.165, 1.54) is 6.07 Å². The van der Waals surface area contributed by atoms with Crippen molar-refractivity contribution in [3.63, 3.8) is 0 Å². The third-order valence-electron chi connectivity index (χ3n) is 4.20. The van der Waals surface area contributed by atoms with Gasteiger partial charge in [0, 0.05) is 38.6 Å². The quantitative estimate of drug-likeness (QED) is 0.733. The Morgan fingerprint density at radius 3 is 2.83 bits per heavy atom. The maximum absolute atomic E-state index is 13.5. The second-order valence-corrected chi connectivity index (χ2v) is 5.90. The van der Waals surface area contributed by atoms with Crippen molar-refractivity contribution in [1.29, 1.82) is 0 Å². The summed E-state index contributed by atoms with van der Waals surface area (Å²) in [7, 11) is 1.64. The van der Waals surface area contributed by atoms with Crippen molar-refractivity contribution in [1.82, 2.24) is 10.6 Å². The van der Waals surface area contributed by atoms with Gasteiger partial charge in [0.1, 0.15) is 0 Å². The van der Waals surface area contributed by atoms with Gasteiger partial charge < -0.3 is 15.4 Å². The molecule has 2 N–H and O–H groups in total. The molecule has 1 fully saturated rings. The molecular weight excluding hydrogens is 338 g/mol. The summed E-state index contributed by atoms with van der Waals surface area (Å²) < 4.78 is 31.5. The van der Waals surface area contributed by atoms with E-state index in [-0.39, 0.29) is 30.3 Å². The summed E-state index contributed by atoms with van der Waals surface area (Å²) in [6, 6.07) is 3.88.